The van der Waals surface area contributed by atoms with Crippen molar-refractivity contribution in [3.8, 4) is 0 Å². The minimum atomic E-state index is 0.910. The topological polar surface area (TPSA) is 12.0 Å². The molecule has 1 rings (SSSR count). The first-order chi connectivity index (χ1) is 9.61. The highest BCUT2D eigenvalue weighted by Crippen LogP contribution is 2.11. The Morgan fingerprint density at radius 2 is 1.75 bits per heavy atom. The molecule has 1 N–H and O–H groups in total. The van der Waals surface area contributed by atoms with Gasteiger partial charge in [0.05, 0.1) is 0 Å². The van der Waals surface area contributed by atoms with E-state index in [9.17, 15) is 0 Å². The summed E-state index contributed by atoms with van der Waals surface area (Å²) in [7, 11) is 0. The van der Waals surface area contributed by atoms with Crippen LogP contribution in [0.4, 0.5) is 5.69 Å². The molecule has 20 heavy (non-hydrogen) atoms. The molecule has 1 nitrogen and oxygen atoms in total. The Kier molecular flexibility index (Phi) is 7.79. The lowest BCUT2D eigenvalue weighted by molar-refractivity contribution is 0.922. The molecule has 0 bridgehead atoms. The Labute approximate surface area is 124 Å². The van der Waals surface area contributed by atoms with Crippen LogP contribution in [-0.2, 0) is 6.42 Å². The number of aryl methyl sites for hydroxylation is 1. The molecule has 1 heteroatoms. The molecule has 0 radical (unpaired) electrons. The molecule has 0 fully saturated rings. The summed E-state index contributed by atoms with van der Waals surface area (Å²) in [5, 5.41) is 3.45. The first kappa shape index (κ1) is 16.6. The van der Waals surface area contributed by atoms with Crippen molar-refractivity contribution in [2.45, 2.75) is 53.4 Å². The van der Waals surface area contributed by atoms with Crippen molar-refractivity contribution in [1.29, 1.82) is 0 Å². The monoisotopic (exact) mass is 271 g/mol. The van der Waals surface area contributed by atoms with Crippen molar-refractivity contribution in [3.05, 3.63) is 53.1 Å². The van der Waals surface area contributed by atoms with E-state index < -0.39 is 0 Å². The van der Waals surface area contributed by atoms with Crippen LogP contribution in [-0.4, -0.2) is 6.54 Å². The van der Waals surface area contributed by atoms with Gasteiger partial charge in [0.1, 0.15) is 0 Å². The van der Waals surface area contributed by atoms with E-state index in [1.807, 2.05) is 0 Å². The van der Waals surface area contributed by atoms with Crippen LogP contribution in [0.25, 0.3) is 0 Å². The van der Waals surface area contributed by atoms with Gasteiger partial charge in [-0.25, -0.2) is 0 Å². The van der Waals surface area contributed by atoms with E-state index >= 15 is 0 Å². The van der Waals surface area contributed by atoms with Crippen molar-refractivity contribution in [1.82, 2.24) is 0 Å². The highest BCUT2D eigenvalue weighted by Gasteiger charge is 1.93. The maximum absolute atomic E-state index is 3.45. The fraction of sp³-hybridized carbons (Fsp3) is 0.474. The molecule has 0 atom stereocenters. The minimum absolute atomic E-state index is 0.910. The number of hydrogen-bond donors (Lipinski definition) is 1. The average Bonchev–Trinajstić information content (AvgIpc) is 2.40. The van der Waals surface area contributed by atoms with Crippen LogP contribution in [0.15, 0.2) is 47.6 Å². The summed E-state index contributed by atoms with van der Waals surface area (Å²) in [4.78, 5) is 0. The quantitative estimate of drug-likeness (QED) is 0.594. The van der Waals surface area contributed by atoms with Crippen LogP contribution in [0.5, 0.6) is 0 Å². The molecule has 0 aliphatic carbocycles. The van der Waals surface area contributed by atoms with Crippen molar-refractivity contribution in [3.63, 3.8) is 0 Å². The molecule has 0 aliphatic rings. The average molecular weight is 271 g/mol. The van der Waals surface area contributed by atoms with Gasteiger partial charge in [-0.1, -0.05) is 48.8 Å². The number of nitrogens with one attached hydrogen (secondary N) is 1. The van der Waals surface area contributed by atoms with Crippen molar-refractivity contribution in [2.24, 2.45) is 0 Å². The van der Waals surface area contributed by atoms with E-state index in [-0.39, 0.29) is 0 Å². The third-order valence-corrected chi connectivity index (χ3v) is 3.34. The normalized spacial score (nSPS) is 11.3. The number of anilines is 1. The molecule has 1 aromatic rings. The highest BCUT2D eigenvalue weighted by atomic mass is 14.8. The lowest BCUT2D eigenvalue weighted by atomic mass is 10.1. The molecule has 0 saturated carbocycles. The minimum Gasteiger partial charge on any atom is -0.382 e. The maximum Gasteiger partial charge on any atom is 0.0342 e. The number of hydrogen-bond acceptors (Lipinski definition) is 1. The van der Waals surface area contributed by atoms with Gasteiger partial charge < -0.3 is 5.32 Å². The van der Waals surface area contributed by atoms with Crippen molar-refractivity contribution in [2.75, 3.05) is 11.9 Å². The first-order valence-corrected chi connectivity index (χ1v) is 7.73. The zero-order chi connectivity index (χ0) is 14.8. The van der Waals surface area contributed by atoms with Crippen LogP contribution >= 0.6 is 0 Å². The summed E-state index contributed by atoms with van der Waals surface area (Å²) in [6.07, 6.45) is 9.28. The van der Waals surface area contributed by atoms with Crippen molar-refractivity contribution >= 4 is 5.69 Å². The first-order valence-electron chi connectivity index (χ1n) is 7.73. The van der Waals surface area contributed by atoms with Crippen LogP contribution in [0.1, 0.15) is 52.5 Å². The van der Waals surface area contributed by atoms with E-state index in [4.69, 9.17) is 0 Å². The molecule has 0 spiro atoms. The molecule has 1 aromatic carbocycles. The maximum atomic E-state index is 3.45. The second kappa shape index (κ2) is 9.41. The van der Waals surface area contributed by atoms with E-state index in [0.717, 1.165) is 19.4 Å². The molecular weight excluding hydrogens is 242 g/mol. The number of rotatable bonds is 8. The van der Waals surface area contributed by atoms with Gasteiger partial charge in [-0.15, -0.1) is 0 Å². The molecule has 0 heterocycles. The summed E-state index contributed by atoms with van der Waals surface area (Å²) in [5.74, 6) is 0. The van der Waals surface area contributed by atoms with Crippen LogP contribution in [0.2, 0.25) is 0 Å². The van der Waals surface area contributed by atoms with Gasteiger partial charge in [-0.2, -0.15) is 0 Å². The van der Waals surface area contributed by atoms with Gasteiger partial charge in [0.2, 0.25) is 0 Å². The van der Waals surface area contributed by atoms with Crippen LogP contribution < -0.4 is 5.32 Å². The van der Waals surface area contributed by atoms with Gasteiger partial charge in [0, 0.05) is 12.2 Å². The lowest BCUT2D eigenvalue weighted by Crippen LogP contribution is -1.99. The molecule has 0 unspecified atom stereocenters. The number of allylic oxidation sites excluding steroid dienone is 3. The fourth-order valence-electron chi connectivity index (χ4n) is 2.11. The predicted molar refractivity (Wildman–Crippen MR) is 91.3 cm³/mol. The smallest absolute Gasteiger partial charge is 0.0342 e. The molecule has 0 aliphatic heterocycles. The summed E-state index contributed by atoms with van der Waals surface area (Å²) in [5.41, 5.74) is 5.49. The standard InChI is InChI=1S/C19H29N/c1-5-7-18-10-12-19(13-11-18)20-15-14-17(4)9-6-8-16(2)3/h8,10-14,20H,5-7,9,15H2,1-4H3/b17-14+. The van der Waals surface area contributed by atoms with Gasteiger partial charge in [0.25, 0.3) is 0 Å². The predicted octanol–water partition coefficient (Wildman–Crippen LogP) is 5.74. The SMILES string of the molecule is CCCc1ccc(NC/C=C(\C)CCC=C(C)C)cc1. The Morgan fingerprint density at radius 3 is 2.35 bits per heavy atom. The molecular formula is C19H29N. The van der Waals surface area contributed by atoms with Gasteiger partial charge in [-0.05, 0) is 57.7 Å². The fourth-order valence-corrected chi connectivity index (χ4v) is 2.11. The van der Waals surface area contributed by atoms with Gasteiger partial charge in [0.15, 0.2) is 0 Å². The van der Waals surface area contributed by atoms with Crippen molar-refractivity contribution < 1.29 is 0 Å². The van der Waals surface area contributed by atoms with Gasteiger partial charge in [-0.3, -0.25) is 0 Å². The Balaban J connectivity index is 2.33. The molecule has 0 aromatic heterocycles. The van der Waals surface area contributed by atoms with Crippen LogP contribution in [0.3, 0.4) is 0 Å². The second-order valence-electron chi connectivity index (χ2n) is 5.70. The Bertz CT molecular complexity index is 433. The summed E-state index contributed by atoms with van der Waals surface area (Å²) in [6.45, 7) is 9.65. The van der Waals surface area contributed by atoms with E-state index in [2.05, 4.69) is 69.4 Å². The molecule has 0 saturated heterocycles. The Hall–Kier alpha value is -1.50. The second-order valence-corrected chi connectivity index (χ2v) is 5.70. The molecule has 0 amide bonds. The summed E-state index contributed by atoms with van der Waals surface area (Å²) < 4.78 is 0. The number of benzene rings is 1. The molecule has 110 valence electrons. The summed E-state index contributed by atoms with van der Waals surface area (Å²) in [6, 6.07) is 8.79. The lowest BCUT2D eigenvalue weighted by Gasteiger charge is -2.06. The van der Waals surface area contributed by atoms with E-state index in [0.29, 0.717) is 0 Å². The zero-order valence-electron chi connectivity index (χ0n) is 13.5. The highest BCUT2D eigenvalue weighted by molar-refractivity contribution is 5.45. The third-order valence-electron chi connectivity index (χ3n) is 3.34. The van der Waals surface area contributed by atoms with Gasteiger partial charge >= 0.3 is 0 Å². The Morgan fingerprint density at radius 1 is 1.05 bits per heavy atom. The third kappa shape index (κ3) is 7.18. The van der Waals surface area contributed by atoms with E-state index in [1.54, 1.807) is 0 Å². The van der Waals surface area contributed by atoms with E-state index in [1.165, 1.54) is 35.2 Å². The largest absolute Gasteiger partial charge is 0.382 e. The zero-order valence-corrected chi connectivity index (χ0v) is 13.5. The summed E-state index contributed by atoms with van der Waals surface area (Å²) >= 11 is 0. The van der Waals surface area contributed by atoms with Crippen LogP contribution in [0, 0.1) is 0 Å².